The van der Waals surface area contributed by atoms with E-state index in [1.54, 1.807) is 19.1 Å². The number of hydrogen-bond acceptors (Lipinski definition) is 7. The number of rotatable bonds is 9. The molecule has 4 rings (SSSR count). The summed E-state index contributed by atoms with van der Waals surface area (Å²) in [4.78, 5) is 21.9. The van der Waals surface area contributed by atoms with Gasteiger partial charge in [0, 0.05) is 19.2 Å². The number of hydrogen-bond donors (Lipinski definition) is 1. The Bertz CT molecular complexity index is 1420. The molecule has 0 aliphatic heterocycles. The molecular formula is C32H32O7. The van der Waals surface area contributed by atoms with Crippen molar-refractivity contribution < 1.29 is 33.6 Å². The maximum atomic E-state index is 11.2. The van der Waals surface area contributed by atoms with Crippen molar-refractivity contribution in [3.8, 4) is 34.5 Å². The topological polar surface area (TPSA) is 91.3 Å². The molecule has 202 valence electrons. The SMILES string of the molecule is COCOc1cc(Oc2cccc(C)c2)cc(C)c1C=O.Cc1cccc(Oc2cc(C)c(C=O)c(O)c2)c1. The fraction of sp³-hybridized carbons (Fsp3) is 0.188. The number of carbonyl (C=O) groups is 2. The molecular weight excluding hydrogens is 496 g/mol. The minimum atomic E-state index is -0.0624. The number of ether oxygens (including phenoxy) is 4. The van der Waals surface area contributed by atoms with Crippen molar-refractivity contribution in [1.82, 2.24) is 0 Å². The summed E-state index contributed by atoms with van der Waals surface area (Å²) in [7, 11) is 1.53. The van der Waals surface area contributed by atoms with Crippen LogP contribution in [0.25, 0.3) is 0 Å². The lowest BCUT2D eigenvalue weighted by molar-refractivity contribution is 0.0504. The van der Waals surface area contributed by atoms with Crippen molar-refractivity contribution in [2.75, 3.05) is 13.9 Å². The van der Waals surface area contributed by atoms with Gasteiger partial charge < -0.3 is 24.1 Å². The predicted octanol–water partition coefficient (Wildman–Crippen LogP) is 7.50. The standard InChI is InChI=1S/C17H18O4.C15H14O3/c1-12-5-4-6-14(7-12)21-15-8-13(2)16(10-18)17(9-15)20-11-19-3;1-10-4-3-5-12(6-10)18-13-7-11(2)14(9-16)15(17)8-13/h4-10H,11H2,1-3H3;3-9,17H,1-2H3. The molecule has 7 nitrogen and oxygen atoms in total. The summed E-state index contributed by atoms with van der Waals surface area (Å²) >= 11 is 0. The second-order valence-corrected chi connectivity index (χ2v) is 8.95. The molecule has 0 fully saturated rings. The van der Waals surface area contributed by atoms with Gasteiger partial charge in [0.25, 0.3) is 0 Å². The van der Waals surface area contributed by atoms with Crippen LogP contribution in [0.3, 0.4) is 0 Å². The Morgan fingerprint density at radius 2 is 1.18 bits per heavy atom. The van der Waals surface area contributed by atoms with E-state index < -0.39 is 0 Å². The monoisotopic (exact) mass is 528 g/mol. The Morgan fingerprint density at radius 1 is 0.667 bits per heavy atom. The van der Waals surface area contributed by atoms with Gasteiger partial charge in [0.2, 0.25) is 0 Å². The molecule has 0 radical (unpaired) electrons. The average Bonchev–Trinajstić information content (AvgIpc) is 2.87. The lowest BCUT2D eigenvalue weighted by atomic mass is 10.1. The Kier molecular flexibility index (Phi) is 10.2. The summed E-state index contributed by atoms with van der Waals surface area (Å²) in [5.41, 5.74) is 4.49. The van der Waals surface area contributed by atoms with Gasteiger partial charge in [0.05, 0.1) is 11.1 Å². The maximum Gasteiger partial charge on any atom is 0.188 e. The smallest absolute Gasteiger partial charge is 0.188 e. The van der Waals surface area contributed by atoms with E-state index in [9.17, 15) is 14.7 Å². The molecule has 0 bridgehead atoms. The van der Waals surface area contributed by atoms with E-state index in [1.165, 1.54) is 13.2 Å². The molecule has 4 aromatic rings. The number of benzene rings is 4. The van der Waals surface area contributed by atoms with Gasteiger partial charge in [0.15, 0.2) is 19.4 Å². The van der Waals surface area contributed by atoms with Gasteiger partial charge in [-0.3, -0.25) is 9.59 Å². The van der Waals surface area contributed by atoms with Crippen LogP contribution < -0.4 is 14.2 Å². The second-order valence-electron chi connectivity index (χ2n) is 8.95. The van der Waals surface area contributed by atoms with Crippen LogP contribution in [0.1, 0.15) is 43.0 Å². The highest BCUT2D eigenvalue weighted by molar-refractivity contribution is 5.82. The highest BCUT2D eigenvalue weighted by Gasteiger charge is 2.11. The number of aryl methyl sites for hydroxylation is 4. The predicted molar refractivity (Wildman–Crippen MR) is 150 cm³/mol. The van der Waals surface area contributed by atoms with E-state index in [4.69, 9.17) is 18.9 Å². The van der Waals surface area contributed by atoms with Crippen LogP contribution in [0.4, 0.5) is 0 Å². The van der Waals surface area contributed by atoms with Crippen LogP contribution in [0.2, 0.25) is 0 Å². The zero-order valence-electron chi connectivity index (χ0n) is 22.7. The Morgan fingerprint density at radius 3 is 1.64 bits per heavy atom. The molecule has 4 aromatic carbocycles. The normalized spacial score (nSPS) is 10.2. The van der Waals surface area contributed by atoms with E-state index in [-0.39, 0.29) is 12.5 Å². The van der Waals surface area contributed by atoms with Gasteiger partial charge in [-0.05, 0) is 86.3 Å². The van der Waals surface area contributed by atoms with Crippen molar-refractivity contribution in [2.45, 2.75) is 27.7 Å². The van der Waals surface area contributed by atoms with Gasteiger partial charge in [-0.15, -0.1) is 0 Å². The van der Waals surface area contributed by atoms with Crippen LogP contribution in [0, 0.1) is 27.7 Å². The zero-order chi connectivity index (χ0) is 28.4. The van der Waals surface area contributed by atoms with E-state index >= 15 is 0 Å². The molecule has 39 heavy (non-hydrogen) atoms. The van der Waals surface area contributed by atoms with Gasteiger partial charge in [-0.25, -0.2) is 0 Å². The third-order valence-corrected chi connectivity index (χ3v) is 5.68. The molecule has 0 saturated carbocycles. The molecule has 0 saturated heterocycles. The molecule has 0 amide bonds. The molecule has 7 heteroatoms. The van der Waals surface area contributed by atoms with Crippen LogP contribution in [0.15, 0.2) is 72.8 Å². The summed E-state index contributed by atoms with van der Waals surface area (Å²) in [5, 5.41) is 9.69. The van der Waals surface area contributed by atoms with E-state index in [0.717, 1.165) is 28.7 Å². The molecule has 0 aliphatic carbocycles. The molecule has 0 spiro atoms. The average molecular weight is 529 g/mol. The van der Waals surface area contributed by atoms with Gasteiger partial charge in [-0.1, -0.05) is 24.3 Å². The van der Waals surface area contributed by atoms with Gasteiger partial charge in [0.1, 0.15) is 34.5 Å². The molecule has 1 N–H and O–H groups in total. The van der Waals surface area contributed by atoms with Crippen LogP contribution in [-0.2, 0) is 4.74 Å². The fourth-order valence-corrected chi connectivity index (χ4v) is 3.78. The molecule has 0 heterocycles. The van der Waals surface area contributed by atoms with Crippen molar-refractivity contribution in [3.63, 3.8) is 0 Å². The summed E-state index contributed by atoms with van der Waals surface area (Å²) < 4.78 is 21.8. The zero-order valence-corrected chi connectivity index (χ0v) is 22.7. The quantitative estimate of drug-likeness (QED) is 0.178. The third kappa shape index (κ3) is 8.18. The van der Waals surface area contributed by atoms with Crippen molar-refractivity contribution >= 4 is 12.6 Å². The first-order chi connectivity index (χ1) is 18.7. The van der Waals surface area contributed by atoms with E-state index in [2.05, 4.69) is 0 Å². The highest BCUT2D eigenvalue weighted by atomic mass is 16.7. The summed E-state index contributed by atoms with van der Waals surface area (Å²) in [6.07, 6.45) is 1.41. The lowest BCUT2D eigenvalue weighted by Gasteiger charge is -2.13. The number of aromatic hydroxyl groups is 1. The van der Waals surface area contributed by atoms with Crippen molar-refractivity contribution in [2.24, 2.45) is 0 Å². The first-order valence-corrected chi connectivity index (χ1v) is 12.2. The minimum Gasteiger partial charge on any atom is -0.507 e. The summed E-state index contributed by atoms with van der Waals surface area (Å²) in [6, 6.07) is 22.1. The molecule has 0 aliphatic rings. The first-order valence-electron chi connectivity index (χ1n) is 12.2. The number of phenolic OH excluding ortho intramolecular Hbond substituents is 1. The van der Waals surface area contributed by atoms with Crippen molar-refractivity contribution in [1.29, 1.82) is 0 Å². The number of aldehydes is 2. The first kappa shape index (κ1) is 28.9. The Balaban J connectivity index is 0.000000218. The molecule has 0 aromatic heterocycles. The summed E-state index contributed by atoms with van der Waals surface area (Å²) in [6.45, 7) is 7.65. The lowest BCUT2D eigenvalue weighted by Crippen LogP contribution is -2.03. The van der Waals surface area contributed by atoms with Crippen LogP contribution in [-0.4, -0.2) is 31.6 Å². The van der Waals surface area contributed by atoms with Crippen molar-refractivity contribution in [3.05, 3.63) is 106 Å². The fourth-order valence-electron chi connectivity index (χ4n) is 3.78. The molecule has 0 atom stereocenters. The van der Waals surface area contributed by atoms with E-state index in [0.29, 0.717) is 46.0 Å². The Labute approximate surface area is 228 Å². The van der Waals surface area contributed by atoms with Crippen LogP contribution in [0.5, 0.6) is 34.5 Å². The van der Waals surface area contributed by atoms with Gasteiger partial charge >= 0.3 is 0 Å². The molecule has 0 unspecified atom stereocenters. The Hall–Kier alpha value is -4.62. The van der Waals surface area contributed by atoms with Gasteiger partial charge in [-0.2, -0.15) is 0 Å². The second kappa shape index (κ2) is 13.8. The van der Waals surface area contributed by atoms with E-state index in [1.807, 2.05) is 75.4 Å². The minimum absolute atomic E-state index is 0.0624. The number of methoxy groups -OCH3 is 1. The largest absolute Gasteiger partial charge is 0.507 e. The van der Waals surface area contributed by atoms with Crippen LogP contribution >= 0.6 is 0 Å². The number of carbonyl (C=O) groups excluding carboxylic acids is 2. The summed E-state index contributed by atoms with van der Waals surface area (Å²) in [5.74, 6) is 2.97. The third-order valence-electron chi connectivity index (χ3n) is 5.68. The highest BCUT2D eigenvalue weighted by Crippen LogP contribution is 2.31. The maximum absolute atomic E-state index is 11.2. The number of phenols is 1.